The Morgan fingerprint density at radius 2 is 1.68 bits per heavy atom. The third-order valence-corrected chi connectivity index (χ3v) is 4.49. The van der Waals surface area contributed by atoms with Crippen LogP contribution in [0, 0.1) is 0 Å². The first-order valence-electron chi connectivity index (χ1n) is 8.98. The van der Waals surface area contributed by atoms with Crippen molar-refractivity contribution in [3.05, 3.63) is 84.6 Å². The summed E-state index contributed by atoms with van der Waals surface area (Å²) in [4.78, 5) is 0. The van der Waals surface area contributed by atoms with Crippen LogP contribution < -0.4 is 4.74 Å². The molecule has 2 heterocycles. The third-order valence-electron chi connectivity index (χ3n) is 4.49. The second-order valence-corrected chi connectivity index (χ2v) is 6.39. The normalized spacial score (nSPS) is 11.9. The number of aliphatic hydroxyl groups excluding tert-OH is 1. The maximum atomic E-state index is 10.4. The average molecular weight is 372 g/mol. The van der Waals surface area contributed by atoms with Crippen LogP contribution in [0.25, 0.3) is 22.5 Å². The lowest BCUT2D eigenvalue weighted by molar-refractivity contribution is 0.151. The Hall–Kier alpha value is -3.51. The fraction of sp³-hybridized carbons (Fsp3) is 0.136. The molecule has 0 saturated carbocycles. The van der Waals surface area contributed by atoms with Crippen LogP contribution in [0.5, 0.6) is 5.88 Å². The zero-order valence-corrected chi connectivity index (χ0v) is 15.4. The molecular weight excluding hydrogens is 352 g/mol. The summed E-state index contributed by atoms with van der Waals surface area (Å²) in [6.45, 7) is 0.396. The minimum atomic E-state index is -0.602. The summed E-state index contributed by atoms with van der Waals surface area (Å²) in [5, 5.41) is 23.2. The van der Waals surface area contributed by atoms with Crippen molar-refractivity contribution in [2.45, 2.75) is 12.6 Å². The van der Waals surface area contributed by atoms with E-state index in [0.29, 0.717) is 12.4 Å². The fourth-order valence-corrected chi connectivity index (χ4v) is 3.00. The molecule has 0 amide bonds. The van der Waals surface area contributed by atoms with Crippen LogP contribution >= 0.6 is 0 Å². The van der Waals surface area contributed by atoms with Crippen molar-refractivity contribution in [3.63, 3.8) is 0 Å². The van der Waals surface area contributed by atoms with Crippen molar-refractivity contribution in [2.75, 3.05) is 7.11 Å². The molecule has 2 aromatic carbocycles. The van der Waals surface area contributed by atoms with Crippen molar-refractivity contribution in [3.8, 4) is 28.4 Å². The average Bonchev–Trinajstić information content (AvgIpc) is 3.23. The van der Waals surface area contributed by atoms with Gasteiger partial charge in [0.25, 0.3) is 0 Å². The smallest absolute Gasteiger partial charge is 0.233 e. The van der Waals surface area contributed by atoms with E-state index < -0.39 is 6.10 Å². The fourth-order valence-electron chi connectivity index (χ4n) is 3.00. The maximum Gasteiger partial charge on any atom is 0.233 e. The van der Waals surface area contributed by atoms with Gasteiger partial charge in [0.1, 0.15) is 0 Å². The van der Waals surface area contributed by atoms with Gasteiger partial charge in [-0.05, 0) is 23.8 Å². The third kappa shape index (κ3) is 3.92. The minimum absolute atomic E-state index is 0.396. The zero-order chi connectivity index (χ0) is 19.3. The van der Waals surface area contributed by atoms with Gasteiger partial charge in [0.15, 0.2) is 0 Å². The summed E-state index contributed by atoms with van der Waals surface area (Å²) >= 11 is 0. The number of benzene rings is 2. The van der Waals surface area contributed by atoms with E-state index in [9.17, 15) is 5.11 Å². The van der Waals surface area contributed by atoms with E-state index in [1.807, 2.05) is 72.9 Å². The van der Waals surface area contributed by atoms with Gasteiger partial charge in [0.05, 0.1) is 31.1 Å². The molecule has 1 N–H and O–H groups in total. The summed E-state index contributed by atoms with van der Waals surface area (Å²) in [6.07, 6.45) is 1.27. The van der Waals surface area contributed by atoms with E-state index in [0.717, 1.165) is 28.1 Å². The van der Waals surface area contributed by atoms with Crippen molar-refractivity contribution in [1.82, 2.24) is 20.0 Å². The van der Waals surface area contributed by atoms with Crippen molar-refractivity contribution < 1.29 is 9.84 Å². The van der Waals surface area contributed by atoms with Crippen molar-refractivity contribution in [1.29, 1.82) is 0 Å². The molecule has 0 aliphatic heterocycles. The van der Waals surface area contributed by atoms with E-state index in [1.165, 1.54) is 0 Å². The van der Waals surface area contributed by atoms with Crippen LogP contribution in [0.4, 0.5) is 0 Å². The number of rotatable bonds is 6. The number of methoxy groups -OCH3 is 1. The van der Waals surface area contributed by atoms with Crippen LogP contribution in [-0.4, -0.2) is 32.2 Å². The molecule has 2 aromatic heterocycles. The lowest BCUT2D eigenvalue weighted by Gasteiger charge is -2.10. The molecule has 4 rings (SSSR count). The first-order chi connectivity index (χ1) is 13.7. The van der Waals surface area contributed by atoms with Crippen LogP contribution in [0.1, 0.15) is 11.7 Å². The minimum Gasteiger partial charge on any atom is -0.480 e. The van der Waals surface area contributed by atoms with Gasteiger partial charge in [-0.1, -0.05) is 48.5 Å². The number of hydrogen-bond acceptors (Lipinski definition) is 5. The molecule has 4 aromatic rings. The molecular formula is C22H20N4O2. The standard InChI is InChI=1S/C22H20N4O2/c1-28-22-11-10-19(23-24-22)17-8-5-9-18(14-17)20-12-13-26(25-20)15-21(27)16-6-3-2-4-7-16/h2-14,21,27H,15H2,1H3/t21-/m0/s1. The van der Waals surface area contributed by atoms with E-state index in [2.05, 4.69) is 15.3 Å². The molecule has 0 spiro atoms. The largest absolute Gasteiger partial charge is 0.480 e. The van der Waals surface area contributed by atoms with E-state index in [4.69, 9.17) is 4.74 Å². The molecule has 6 nitrogen and oxygen atoms in total. The predicted molar refractivity (Wildman–Crippen MR) is 107 cm³/mol. The summed E-state index contributed by atoms with van der Waals surface area (Å²) in [5.41, 5.74) is 4.40. The molecule has 0 bridgehead atoms. The molecule has 0 radical (unpaired) electrons. The SMILES string of the molecule is COc1ccc(-c2cccc(-c3ccn(C[C@H](O)c4ccccc4)n3)c2)nn1. The molecule has 0 fully saturated rings. The van der Waals surface area contributed by atoms with Gasteiger partial charge in [-0.25, -0.2) is 0 Å². The Labute approximate surface area is 163 Å². The van der Waals surface area contributed by atoms with E-state index in [-0.39, 0.29) is 0 Å². The van der Waals surface area contributed by atoms with Gasteiger partial charge in [-0.3, -0.25) is 4.68 Å². The van der Waals surface area contributed by atoms with Gasteiger partial charge in [-0.2, -0.15) is 5.10 Å². The molecule has 0 aliphatic carbocycles. The lowest BCUT2D eigenvalue weighted by Crippen LogP contribution is -2.09. The quantitative estimate of drug-likeness (QED) is 0.558. The number of aromatic nitrogens is 4. The van der Waals surface area contributed by atoms with Gasteiger partial charge >= 0.3 is 0 Å². The van der Waals surface area contributed by atoms with Crippen LogP contribution in [0.2, 0.25) is 0 Å². The summed E-state index contributed by atoms with van der Waals surface area (Å²) in [5.74, 6) is 0.482. The van der Waals surface area contributed by atoms with Crippen LogP contribution in [0.3, 0.4) is 0 Å². The number of hydrogen-bond donors (Lipinski definition) is 1. The Morgan fingerprint density at radius 1 is 0.893 bits per heavy atom. The highest BCUT2D eigenvalue weighted by Gasteiger charge is 2.10. The van der Waals surface area contributed by atoms with Gasteiger partial charge < -0.3 is 9.84 Å². The molecule has 0 unspecified atom stereocenters. The highest BCUT2D eigenvalue weighted by atomic mass is 16.5. The van der Waals surface area contributed by atoms with Crippen molar-refractivity contribution >= 4 is 0 Å². The Morgan fingerprint density at radius 3 is 2.39 bits per heavy atom. The second kappa shape index (κ2) is 8.02. The predicted octanol–water partition coefficient (Wildman–Crippen LogP) is 3.75. The number of nitrogens with zero attached hydrogens (tertiary/aromatic N) is 4. The van der Waals surface area contributed by atoms with Gasteiger partial charge in [0.2, 0.25) is 5.88 Å². The molecule has 28 heavy (non-hydrogen) atoms. The number of aliphatic hydroxyl groups is 1. The molecule has 6 heteroatoms. The van der Waals surface area contributed by atoms with Gasteiger partial charge in [-0.15, -0.1) is 10.2 Å². The van der Waals surface area contributed by atoms with E-state index in [1.54, 1.807) is 17.9 Å². The zero-order valence-electron chi connectivity index (χ0n) is 15.4. The first-order valence-corrected chi connectivity index (χ1v) is 8.98. The summed E-state index contributed by atoms with van der Waals surface area (Å²) in [6, 6.07) is 23.2. The lowest BCUT2D eigenvalue weighted by atomic mass is 10.1. The Balaban J connectivity index is 1.53. The summed E-state index contributed by atoms with van der Waals surface area (Å²) in [7, 11) is 1.56. The maximum absolute atomic E-state index is 10.4. The highest BCUT2D eigenvalue weighted by Crippen LogP contribution is 2.25. The van der Waals surface area contributed by atoms with Crippen LogP contribution in [-0.2, 0) is 6.54 Å². The molecule has 140 valence electrons. The number of ether oxygens (including phenoxy) is 1. The monoisotopic (exact) mass is 372 g/mol. The van der Waals surface area contributed by atoms with Crippen LogP contribution in [0.15, 0.2) is 79.0 Å². The summed E-state index contributed by atoms with van der Waals surface area (Å²) < 4.78 is 6.81. The molecule has 1 atom stereocenters. The Kier molecular flexibility index (Phi) is 5.12. The first kappa shape index (κ1) is 17.9. The highest BCUT2D eigenvalue weighted by molar-refractivity contribution is 5.69. The topological polar surface area (TPSA) is 73.1 Å². The Bertz CT molecular complexity index is 1050. The van der Waals surface area contributed by atoms with Gasteiger partial charge in [0, 0.05) is 23.4 Å². The molecule has 0 saturated heterocycles. The molecule has 0 aliphatic rings. The van der Waals surface area contributed by atoms with Crippen molar-refractivity contribution in [2.24, 2.45) is 0 Å². The second-order valence-electron chi connectivity index (χ2n) is 6.39. The van der Waals surface area contributed by atoms with E-state index >= 15 is 0 Å².